The molecule has 8 nitrogen and oxygen atoms in total. The normalized spacial score (nSPS) is 12.2. The third-order valence-corrected chi connectivity index (χ3v) is 5.69. The van der Waals surface area contributed by atoms with Gasteiger partial charge in [0.05, 0.1) is 29.6 Å². The summed E-state index contributed by atoms with van der Waals surface area (Å²) in [5.41, 5.74) is 6.46. The van der Waals surface area contributed by atoms with Gasteiger partial charge >= 0.3 is 0 Å². The Morgan fingerprint density at radius 2 is 1.67 bits per heavy atom. The lowest BCUT2D eigenvalue weighted by Gasteiger charge is -2.16. The fourth-order valence-electron chi connectivity index (χ4n) is 3.86. The van der Waals surface area contributed by atoms with E-state index in [4.69, 9.17) is 0 Å². The first-order chi connectivity index (χ1) is 16.2. The number of hydrogen-bond donors (Lipinski definition) is 2. The van der Waals surface area contributed by atoms with E-state index in [2.05, 4.69) is 55.1 Å². The summed E-state index contributed by atoms with van der Waals surface area (Å²) < 4.78 is 3.68. The smallest absolute Gasteiger partial charge is 0.146 e. The highest BCUT2D eigenvalue weighted by molar-refractivity contribution is 5.74. The van der Waals surface area contributed by atoms with Gasteiger partial charge in [-0.3, -0.25) is 4.68 Å². The number of pyridine rings is 1. The van der Waals surface area contributed by atoms with Crippen LogP contribution in [-0.4, -0.2) is 43.0 Å². The largest absolute Gasteiger partial charge is 0.380 e. The molecule has 1 aromatic carbocycles. The predicted octanol–water partition coefficient (Wildman–Crippen LogP) is 3.49. The molecule has 33 heavy (non-hydrogen) atoms. The molecule has 5 rings (SSSR count). The first-order valence-corrected chi connectivity index (χ1v) is 10.9. The molecule has 0 spiro atoms. The second-order valence-electron chi connectivity index (χ2n) is 8.04. The van der Waals surface area contributed by atoms with Gasteiger partial charge in [-0.25, -0.2) is 14.5 Å². The minimum absolute atomic E-state index is 0.0274. The number of aryl methyl sites for hydroxylation is 1. The van der Waals surface area contributed by atoms with E-state index in [0.717, 1.165) is 40.1 Å². The zero-order valence-electron chi connectivity index (χ0n) is 18.7. The lowest BCUT2D eigenvalue weighted by atomic mass is 10.1. The van der Waals surface area contributed by atoms with Gasteiger partial charge < -0.3 is 10.6 Å². The first kappa shape index (κ1) is 20.8. The molecule has 0 radical (unpaired) electrons. The van der Waals surface area contributed by atoms with Crippen LogP contribution in [0.5, 0.6) is 0 Å². The number of aromatic nitrogens is 6. The van der Waals surface area contributed by atoms with Crippen molar-refractivity contribution in [2.45, 2.75) is 12.5 Å². The van der Waals surface area contributed by atoms with E-state index < -0.39 is 0 Å². The van der Waals surface area contributed by atoms with Crippen molar-refractivity contribution in [2.24, 2.45) is 7.05 Å². The van der Waals surface area contributed by atoms with Gasteiger partial charge in [0.25, 0.3) is 0 Å². The molecule has 0 aliphatic rings. The summed E-state index contributed by atoms with van der Waals surface area (Å²) in [6.07, 6.45) is 12.4. The Hall–Kier alpha value is -4.04. The third kappa shape index (κ3) is 4.61. The minimum atomic E-state index is -0.0274. The van der Waals surface area contributed by atoms with Gasteiger partial charge in [-0.1, -0.05) is 36.4 Å². The summed E-state index contributed by atoms with van der Waals surface area (Å²) in [5.74, 6) is 0.761. The molecule has 4 heterocycles. The summed E-state index contributed by atoms with van der Waals surface area (Å²) in [6.45, 7) is 0.639. The molecule has 5 aromatic rings. The predicted molar refractivity (Wildman–Crippen MR) is 129 cm³/mol. The zero-order chi connectivity index (χ0) is 22.6. The molecule has 1 atom stereocenters. The lowest BCUT2D eigenvalue weighted by Crippen LogP contribution is -2.26. The lowest BCUT2D eigenvalue weighted by molar-refractivity contribution is 0.583. The maximum absolute atomic E-state index is 4.61. The number of likely N-dealkylation sites (N-methyl/N-ethyl adjacent to an activating group) is 1. The summed E-state index contributed by atoms with van der Waals surface area (Å²) in [6, 6.07) is 14.5. The first-order valence-electron chi connectivity index (χ1n) is 10.9. The van der Waals surface area contributed by atoms with Crippen LogP contribution in [-0.2, 0) is 13.5 Å². The number of benzene rings is 1. The van der Waals surface area contributed by atoms with Crippen molar-refractivity contribution in [3.05, 3.63) is 96.6 Å². The third-order valence-electron chi connectivity index (χ3n) is 5.69. The van der Waals surface area contributed by atoms with Crippen LogP contribution in [0.15, 0.2) is 79.6 Å². The van der Waals surface area contributed by atoms with Crippen molar-refractivity contribution in [3.8, 4) is 11.1 Å². The second-order valence-corrected chi connectivity index (χ2v) is 8.04. The summed E-state index contributed by atoms with van der Waals surface area (Å²) in [7, 11) is 3.83. The highest BCUT2D eigenvalue weighted by Crippen LogP contribution is 2.23. The van der Waals surface area contributed by atoms with Gasteiger partial charge in [-0.05, 0) is 24.2 Å². The SMILES string of the molecule is CNC(CNc1cnn2cc(-c3cnn(C)c3)ccc12)c1ncc(Cc2ccccc2)cn1. The Morgan fingerprint density at radius 3 is 2.39 bits per heavy atom. The van der Waals surface area contributed by atoms with Crippen LogP contribution in [0.1, 0.15) is 23.0 Å². The molecule has 0 fully saturated rings. The van der Waals surface area contributed by atoms with Gasteiger partial charge in [0, 0.05) is 55.9 Å². The molecular formula is C25H26N8. The van der Waals surface area contributed by atoms with E-state index in [-0.39, 0.29) is 6.04 Å². The minimum Gasteiger partial charge on any atom is -0.380 e. The van der Waals surface area contributed by atoms with Crippen LogP contribution < -0.4 is 10.6 Å². The monoisotopic (exact) mass is 438 g/mol. The van der Waals surface area contributed by atoms with Crippen LogP contribution in [0.2, 0.25) is 0 Å². The highest BCUT2D eigenvalue weighted by Gasteiger charge is 2.14. The average Bonchev–Trinajstić information content (AvgIpc) is 3.47. The number of hydrogen-bond acceptors (Lipinski definition) is 6. The van der Waals surface area contributed by atoms with Crippen LogP contribution >= 0.6 is 0 Å². The molecule has 0 amide bonds. The Bertz CT molecular complexity index is 1340. The fourth-order valence-corrected chi connectivity index (χ4v) is 3.86. The van der Waals surface area contributed by atoms with Crippen LogP contribution in [0, 0.1) is 0 Å². The zero-order valence-corrected chi connectivity index (χ0v) is 18.7. The molecule has 0 saturated carbocycles. The number of nitrogens with one attached hydrogen (secondary N) is 2. The van der Waals surface area contributed by atoms with Crippen molar-refractivity contribution in [1.29, 1.82) is 0 Å². The van der Waals surface area contributed by atoms with Gasteiger partial charge in [0.1, 0.15) is 5.82 Å². The topological polar surface area (TPSA) is 85.0 Å². The molecule has 166 valence electrons. The molecular weight excluding hydrogens is 412 g/mol. The van der Waals surface area contributed by atoms with Gasteiger partial charge in [0.15, 0.2) is 0 Å². The second kappa shape index (κ2) is 9.22. The van der Waals surface area contributed by atoms with E-state index in [0.29, 0.717) is 6.54 Å². The van der Waals surface area contributed by atoms with Crippen molar-refractivity contribution >= 4 is 11.2 Å². The molecule has 0 bridgehead atoms. The quantitative estimate of drug-likeness (QED) is 0.386. The van der Waals surface area contributed by atoms with E-state index in [1.54, 1.807) is 4.68 Å². The van der Waals surface area contributed by atoms with Crippen molar-refractivity contribution < 1.29 is 0 Å². The molecule has 8 heteroatoms. The standard InChI is InChI=1S/C25H26N8/c1-26-23(25-28-11-19(12-29-25)10-18-6-4-3-5-7-18)14-27-22-15-31-33-17-20(8-9-24(22)33)21-13-30-32(2)16-21/h3-9,11-13,15-17,23,26-27H,10,14H2,1-2H3. The number of nitrogens with zero attached hydrogens (tertiary/aromatic N) is 6. The van der Waals surface area contributed by atoms with Gasteiger partial charge in [-0.2, -0.15) is 10.2 Å². The average molecular weight is 439 g/mol. The maximum atomic E-state index is 4.61. The molecule has 4 aromatic heterocycles. The Labute approximate surface area is 192 Å². The van der Waals surface area contributed by atoms with Crippen molar-refractivity contribution in [2.75, 3.05) is 18.9 Å². The van der Waals surface area contributed by atoms with Gasteiger partial charge in [0.2, 0.25) is 0 Å². The fraction of sp³-hybridized carbons (Fsp3) is 0.200. The number of fused-ring (bicyclic) bond motifs is 1. The highest BCUT2D eigenvalue weighted by atomic mass is 15.2. The Morgan fingerprint density at radius 1 is 0.848 bits per heavy atom. The molecule has 0 aliphatic heterocycles. The molecule has 1 unspecified atom stereocenters. The van der Waals surface area contributed by atoms with E-state index >= 15 is 0 Å². The summed E-state index contributed by atoms with van der Waals surface area (Å²) in [5, 5.41) is 15.6. The molecule has 0 aliphatic carbocycles. The number of anilines is 1. The summed E-state index contributed by atoms with van der Waals surface area (Å²) >= 11 is 0. The maximum Gasteiger partial charge on any atom is 0.146 e. The number of rotatable bonds is 8. The Kier molecular flexibility index (Phi) is 5.82. The van der Waals surface area contributed by atoms with Crippen LogP contribution in [0.25, 0.3) is 16.6 Å². The van der Waals surface area contributed by atoms with E-state index in [1.165, 1.54) is 5.56 Å². The van der Waals surface area contributed by atoms with Crippen LogP contribution in [0.3, 0.4) is 0 Å². The van der Waals surface area contributed by atoms with Crippen molar-refractivity contribution in [1.82, 2.24) is 34.7 Å². The van der Waals surface area contributed by atoms with Gasteiger partial charge in [-0.15, -0.1) is 0 Å². The molecule has 0 saturated heterocycles. The Balaban J connectivity index is 1.26. The molecule has 2 N–H and O–H groups in total. The van der Waals surface area contributed by atoms with E-state index in [1.807, 2.05) is 74.0 Å². The van der Waals surface area contributed by atoms with E-state index in [9.17, 15) is 0 Å². The van der Waals surface area contributed by atoms with Crippen molar-refractivity contribution in [3.63, 3.8) is 0 Å². The van der Waals surface area contributed by atoms with Crippen LogP contribution in [0.4, 0.5) is 5.69 Å². The summed E-state index contributed by atoms with van der Waals surface area (Å²) in [4.78, 5) is 9.23.